The highest BCUT2D eigenvalue weighted by molar-refractivity contribution is 6.35. The summed E-state index contributed by atoms with van der Waals surface area (Å²) in [5.41, 5.74) is 5.40. The SMILES string of the molecule is CCCCCCCCCCCCCCCc1nc2c(=O)[nH]c3ccccc3c2n1CC(C)C.CCCCCCCCCCCCCCCc1nc2c(Cl)nc3ccccc3c2n1CC(C)C. The average molecular weight is 922 g/mol. The number of para-hydroxylation sites is 2. The molecule has 6 aromatic rings. The number of pyridine rings is 2. The largest absolute Gasteiger partial charge is 0.327 e. The van der Waals surface area contributed by atoms with E-state index in [1.165, 1.54) is 166 Å². The van der Waals surface area contributed by atoms with Crippen LogP contribution in [0.1, 0.15) is 220 Å². The van der Waals surface area contributed by atoms with Gasteiger partial charge in [-0.15, -0.1) is 0 Å². The Balaban J connectivity index is 0.000000247. The van der Waals surface area contributed by atoms with Gasteiger partial charge in [-0.25, -0.2) is 15.0 Å². The van der Waals surface area contributed by atoms with Crippen molar-refractivity contribution in [2.24, 2.45) is 11.8 Å². The van der Waals surface area contributed by atoms with Crippen molar-refractivity contribution in [1.82, 2.24) is 29.1 Å². The smallest absolute Gasteiger partial charge is 0.276 e. The van der Waals surface area contributed by atoms with Crippen molar-refractivity contribution >= 4 is 55.5 Å². The van der Waals surface area contributed by atoms with Crippen LogP contribution in [0.25, 0.3) is 43.9 Å². The van der Waals surface area contributed by atoms with E-state index in [1.54, 1.807) is 0 Å². The van der Waals surface area contributed by atoms with Gasteiger partial charge in [0.2, 0.25) is 0 Å². The maximum absolute atomic E-state index is 12.7. The van der Waals surface area contributed by atoms with Crippen LogP contribution in [0.3, 0.4) is 0 Å². The van der Waals surface area contributed by atoms with Gasteiger partial charge < -0.3 is 14.1 Å². The second-order valence-corrected chi connectivity index (χ2v) is 20.7. The Morgan fingerprint density at radius 1 is 0.485 bits per heavy atom. The minimum atomic E-state index is -0.0715. The second-order valence-electron chi connectivity index (χ2n) is 20.4. The van der Waals surface area contributed by atoms with Gasteiger partial charge in [-0.1, -0.05) is 244 Å². The van der Waals surface area contributed by atoms with Gasteiger partial charge in [0, 0.05) is 36.7 Å². The first-order valence-corrected chi connectivity index (χ1v) is 27.5. The standard InChI is InChI=1S/C29H44ClN3.C29H45N3O/c1-4-5-6-7-8-9-10-11-12-13-14-15-16-21-26-32-27-28(33(26)22-23(2)3)24-19-17-18-20-25(24)31-29(27)30;1-4-5-6-7-8-9-10-11-12-13-14-15-16-21-26-31-27-28(32(26)22-23(2)3)24-19-17-18-20-25(24)30-29(27)33/h17-20,23H,4-16,21-22H2,1-3H3;17-20,23H,4-16,21-22H2,1-3H3,(H,30,33). The van der Waals surface area contributed by atoms with Crippen LogP contribution in [0.5, 0.6) is 0 Å². The molecule has 0 aliphatic heterocycles. The van der Waals surface area contributed by atoms with Crippen LogP contribution in [0.4, 0.5) is 0 Å². The number of benzene rings is 2. The summed E-state index contributed by atoms with van der Waals surface area (Å²) >= 11 is 6.56. The minimum Gasteiger partial charge on any atom is -0.327 e. The Labute approximate surface area is 404 Å². The zero-order valence-corrected chi connectivity index (χ0v) is 43.3. The first-order valence-electron chi connectivity index (χ1n) is 27.2. The number of hydrogen-bond donors (Lipinski definition) is 1. The molecule has 66 heavy (non-hydrogen) atoms. The van der Waals surface area contributed by atoms with Crippen LogP contribution >= 0.6 is 11.6 Å². The summed E-state index contributed by atoms with van der Waals surface area (Å²) < 4.78 is 4.73. The number of imidazole rings is 2. The predicted octanol–water partition coefficient (Wildman–Crippen LogP) is 17.7. The first-order chi connectivity index (χ1) is 32.2. The van der Waals surface area contributed by atoms with E-state index in [1.807, 2.05) is 30.3 Å². The van der Waals surface area contributed by atoms with Gasteiger partial charge in [-0.05, 0) is 36.8 Å². The molecule has 0 unspecified atom stereocenters. The molecular formula is C58H89ClN6O. The fourth-order valence-corrected chi connectivity index (χ4v) is 10.1. The molecule has 0 fully saturated rings. The number of nitrogens with zero attached hydrogens (tertiary/aromatic N) is 5. The Bertz CT molecular complexity index is 2340. The zero-order chi connectivity index (χ0) is 46.9. The maximum atomic E-state index is 12.7. The highest BCUT2D eigenvalue weighted by Crippen LogP contribution is 2.31. The first kappa shape index (κ1) is 53.2. The van der Waals surface area contributed by atoms with Crippen molar-refractivity contribution in [3.63, 3.8) is 0 Å². The van der Waals surface area contributed by atoms with E-state index in [-0.39, 0.29) is 5.56 Å². The van der Waals surface area contributed by atoms with E-state index in [4.69, 9.17) is 21.6 Å². The lowest BCUT2D eigenvalue weighted by Gasteiger charge is -2.13. The molecule has 7 nitrogen and oxygen atoms in total. The average Bonchev–Trinajstić information content (AvgIpc) is 3.85. The summed E-state index contributed by atoms with van der Waals surface area (Å²) in [5.74, 6) is 3.30. The summed E-state index contributed by atoms with van der Waals surface area (Å²) in [5, 5.41) is 2.77. The molecule has 0 amide bonds. The molecule has 0 saturated heterocycles. The Kier molecular flexibility index (Phi) is 24.1. The number of rotatable bonds is 32. The predicted molar refractivity (Wildman–Crippen MR) is 286 cm³/mol. The van der Waals surface area contributed by atoms with E-state index in [9.17, 15) is 4.79 Å². The number of aryl methyl sites for hydroxylation is 2. The van der Waals surface area contributed by atoms with Gasteiger partial charge in [0.15, 0.2) is 10.7 Å². The summed E-state index contributed by atoms with van der Waals surface area (Å²) in [6.07, 6.45) is 37.6. The Morgan fingerprint density at radius 3 is 1.32 bits per heavy atom. The highest BCUT2D eigenvalue weighted by Gasteiger charge is 2.19. The van der Waals surface area contributed by atoms with Gasteiger partial charge in [0.05, 0.1) is 22.1 Å². The van der Waals surface area contributed by atoms with Crippen LogP contribution in [-0.2, 0) is 25.9 Å². The van der Waals surface area contributed by atoms with E-state index < -0.39 is 0 Å². The summed E-state index contributed by atoms with van der Waals surface area (Å²) in [7, 11) is 0. The lowest BCUT2D eigenvalue weighted by molar-refractivity contribution is 0.507. The van der Waals surface area contributed by atoms with Crippen LogP contribution in [0.2, 0.25) is 5.15 Å². The van der Waals surface area contributed by atoms with Crippen LogP contribution < -0.4 is 5.56 Å². The Hall–Kier alpha value is -3.71. The highest BCUT2D eigenvalue weighted by atomic mass is 35.5. The number of aromatic nitrogens is 6. The monoisotopic (exact) mass is 921 g/mol. The maximum Gasteiger partial charge on any atom is 0.276 e. The molecule has 6 rings (SSSR count). The third-order valence-electron chi connectivity index (χ3n) is 13.4. The molecule has 0 atom stereocenters. The fraction of sp³-hybridized carbons (Fsp3) is 0.655. The molecule has 4 aromatic heterocycles. The van der Waals surface area contributed by atoms with Crippen LogP contribution in [0, 0.1) is 11.8 Å². The second kappa shape index (κ2) is 29.9. The molecule has 4 heterocycles. The molecule has 2 aromatic carbocycles. The van der Waals surface area contributed by atoms with Crippen molar-refractivity contribution in [1.29, 1.82) is 0 Å². The van der Waals surface area contributed by atoms with E-state index in [0.29, 0.717) is 22.5 Å². The number of halogens is 1. The Morgan fingerprint density at radius 2 is 0.864 bits per heavy atom. The third-order valence-corrected chi connectivity index (χ3v) is 13.7. The lowest BCUT2D eigenvalue weighted by Crippen LogP contribution is -2.10. The van der Waals surface area contributed by atoms with E-state index >= 15 is 0 Å². The number of aromatic amines is 1. The summed E-state index contributed by atoms with van der Waals surface area (Å²) in [6.45, 7) is 15.4. The van der Waals surface area contributed by atoms with Crippen molar-refractivity contribution in [3.05, 3.63) is 75.7 Å². The lowest BCUT2D eigenvalue weighted by atomic mass is 10.0. The normalized spacial score (nSPS) is 11.9. The van der Waals surface area contributed by atoms with Crippen LogP contribution in [-0.4, -0.2) is 29.1 Å². The van der Waals surface area contributed by atoms with Gasteiger partial charge in [-0.2, -0.15) is 0 Å². The van der Waals surface area contributed by atoms with Gasteiger partial charge in [0.1, 0.15) is 17.2 Å². The molecule has 8 heteroatoms. The van der Waals surface area contributed by atoms with E-state index in [2.05, 4.69) is 78.8 Å². The number of fused-ring (bicyclic) bond motifs is 6. The third kappa shape index (κ3) is 16.8. The molecule has 1 N–H and O–H groups in total. The number of nitrogens with one attached hydrogen (secondary N) is 1. The summed E-state index contributed by atoms with van der Waals surface area (Å²) in [4.78, 5) is 30.1. The number of hydrogen-bond acceptors (Lipinski definition) is 4. The van der Waals surface area contributed by atoms with Crippen molar-refractivity contribution in [2.75, 3.05) is 0 Å². The topological polar surface area (TPSA) is 81.4 Å². The van der Waals surface area contributed by atoms with Gasteiger partial charge in [0.25, 0.3) is 5.56 Å². The quantitative estimate of drug-likeness (QED) is 0.0338. The fourth-order valence-electron chi connectivity index (χ4n) is 9.86. The minimum absolute atomic E-state index is 0.0715. The van der Waals surface area contributed by atoms with Gasteiger partial charge in [-0.3, -0.25) is 4.79 Å². The number of unbranched alkanes of at least 4 members (excludes halogenated alkanes) is 24. The van der Waals surface area contributed by atoms with Gasteiger partial charge >= 0.3 is 0 Å². The molecule has 0 aliphatic carbocycles. The molecule has 0 spiro atoms. The van der Waals surface area contributed by atoms with Crippen molar-refractivity contribution in [2.45, 2.75) is 234 Å². The number of H-pyrrole nitrogens is 1. The molecule has 0 saturated carbocycles. The van der Waals surface area contributed by atoms with Crippen molar-refractivity contribution < 1.29 is 0 Å². The molecular weight excluding hydrogens is 832 g/mol. The molecule has 0 radical (unpaired) electrons. The van der Waals surface area contributed by atoms with Crippen LogP contribution in [0.15, 0.2) is 53.3 Å². The van der Waals surface area contributed by atoms with Crippen molar-refractivity contribution in [3.8, 4) is 0 Å². The molecule has 0 aliphatic rings. The zero-order valence-electron chi connectivity index (χ0n) is 42.5. The van der Waals surface area contributed by atoms with E-state index in [0.717, 1.165) is 76.5 Å². The summed E-state index contributed by atoms with van der Waals surface area (Å²) in [6, 6.07) is 16.4. The molecule has 364 valence electrons. The molecule has 0 bridgehead atoms.